The number of hydrogen-bond donors (Lipinski definition) is 1. The van der Waals surface area contributed by atoms with Gasteiger partial charge in [-0.25, -0.2) is 4.68 Å². The lowest BCUT2D eigenvalue weighted by Crippen LogP contribution is -2.25. The second-order valence-corrected chi connectivity index (χ2v) is 6.92. The van der Waals surface area contributed by atoms with Crippen molar-refractivity contribution in [3.05, 3.63) is 96.2 Å². The Hall–Kier alpha value is -4.06. The zero-order chi connectivity index (χ0) is 21.6. The molecule has 4 aromatic rings. The normalized spacial score (nSPS) is 10.5. The maximum Gasteiger partial charge on any atom is 0.270 e. The van der Waals surface area contributed by atoms with Gasteiger partial charge in [0.05, 0.1) is 25.6 Å². The van der Waals surface area contributed by atoms with Crippen molar-refractivity contribution in [2.75, 3.05) is 14.2 Å². The molecule has 0 saturated carbocycles. The molecule has 1 amide bonds. The van der Waals surface area contributed by atoms with E-state index in [1.807, 2.05) is 78.9 Å². The van der Waals surface area contributed by atoms with Gasteiger partial charge in [-0.3, -0.25) is 4.79 Å². The predicted octanol–water partition coefficient (Wildman–Crippen LogP) is 4.49. The molecule has 6 heteroatoms. The smallest absolute Gasteiger partial charge is 0.270 e. The van der Waals surface area contributed by atoms with Crippen LogP contribution in [0.5, 0.6) is 11.5 Å². The number of rotatable bonds is 7. The number of methoxy groups -OCH3 is 2. The number of ether oxygens (including phenoxy) is 2. The van der Waals surface area contributed by atoms with Gasteiger partial charge in [-0.2, -0.15) is 5.10 Å². The molecule has 1 heterocycles. The topological polar surface area (TPSA) is 65.4 Å². The van der Waals surface area contributed by atoms with Gasteiger partial charge in [0.15, 0.2) is 0 Å². The molecule has 0 atom stereocenters. The van der Waals surface area contributed by atoms with E-state index in [1.54, 1.807) is 25.0 Å². The standard InChI is InChI=1S/C25H23N3O3/c1-30-21-12-8-19(9-13-21)23-16-24(25(29)26-17-18-6-4-3-5-7-18)28(27-23)20-10-14-22(31-2)15-11-20/h3-16H,17H2,1-2H3,(H,26,29). The van der Waals surface area contributed by atoms with Crippen LogP contribution in [0.25, 0.3) is 16.9 Å². The summed E-state index contributed by atoms with van der Waals surface area (Å²) in [5.41, 5.74) is 3.84. The third-order valence-corrected chi connectivity index (χ3v) is 4.94. The lowest BCUT2D eigenvalue weighted by atomic mass is 10.1. The van der Waals surface area contributed by atoms with Crippen LogP contribution in [-0.4, -0.2) is 29.9 Å². The van der Waals surface area contributed by atoms with Gasteiger partial charge in [0, 0.05) is 12.1 Å². The van der Waals surface area contributed by atoms with E-state index in [1.165, 1.54) is 0 Å². The molecule has 6 nitrogen and oxygen atoms in total. The van der Waals surface area contributed by atoms with Crippen molar-refractivity contribution in [2.45, 2.75) is 6.54 Å². The zero-order valence-electron chi connectivity index (χ0n) is 17.4. The van der Waals surface area contributed by atoms with E-state index in [2.05, 4.69) is 5.32 Å². The number of carbonyl (C=O) groups is 1. The van der Waals surface area contributed by atoms with Crippen molar-refractivity contribution in [1.82, 2.24) is 15.1 Å². The second kappa shape index (κ2) is 9.17. The lowest BCUT2D eigenvalue weighted by molar-refractivity contribution is 0.0943. The van der Waals surface area contributed by atoms with Crippen molar-refractivity contribution >= 4 is 5.91 Å². The molecule has 4 rings (SSSR count). The van der Waals surface area contributed by atoms with E-state index in [-0.39, 0.29) is 5.91 Å². The maximum atomic E-state index is 13.1. The highest BCUT2D eigenvalue weighted by atomic mass is 16.5. The summed E-state index contributed by atoms with van der Waals surface area (Å²) in [4.78, 5) is 13.1. The molecule has 0 spiro atoms. The summed E-state index contributed by atoms with van der Waals surface area (Å²) in [6, 6.07) is 26.6. The second-order valence-electron chi connectivity index (χ2n) is 6.92. The number of nitrogens with one attached hydrogen (secondary N) is 1. The molecular weight excluding hydrogens is 390 g/mol. The molecule has 0 unspecified atom stereocenters. The van der Waals surface area contributed by atoms with Crippen LogP contribution in [0.4, 0.5) is 0 Å². The summed E-state index contributed by atoms with van der Waals surface area (Å²) in [5, 5.41) is 7.70. The lowest BCUT2D eigenvalue weighted by Gasteiger charge is -2.09. The van der Waals surface area contributed by atoms with Crippen molar-refractivity contribution < 1.29 is 14.3 Å². The summed E-state index contributed by atoms with van der Waals surface area (Å²) >= 11 is 0. The molecule has 0 radical (unpaired) electrons. The third kappa shape index (κ3) is 4.59. The summed E-state index contributed by atoms with van der Waals surface area (Å²) in [7, 11) is 3.25. The van der Waals surface area contributed by atoms with Gasteiger partial charge in [-0.15, -0.1) is 0 Å². The quantitative estimate of drug-likeness (QED) is 0.485. The molecule has 1 N–H and O–H groups in total. The molecule has 31 heavy (non-hydrogen) atoms. The Morgan fingerprint density at radius 3 is 2.10 bits per heavy atom. The minimum atomic E-state index is -0.202. The SMILES string of the molecule is COc1ccc(-c2cc(C(=O)NCc3ccccc3)n(-c3ccc(OC)cc3)n2)cc1. The first-order valence-corrected chi connectivity index (χ1v) is 9.89. The molecule has 0 fully saturated rings. The Bertz CT molecular complexity index is 1150. The zero-order valence-corrected chi connectivity index (χ0v) is 17.4. The number of amides is 1. The van der Waals surface area contributed by atoms with E-state index < -0.39 is 0 Å². The molecule has 0 saturated heterocycles. The van der Waals surface area contributed by atoms with Crippen LogP contribution in [0.2, 0.25) is 0 Å². The fourth-order valence-electron chi connectivity index (χ4n) is 3.23. The van der Waals surface area contributed by atoms with Crippen LogP contribution in [0, 0.1) is 0 Å². The number of aromatic nitrogens is 2. The van der Waals surface area contributed by atoms with Crippen LogP contribution >= 0.6 is 0 Å². The van der Waals surface area contributed by atoms with E-state index in [0.29, 0.717) is 17.9 Å². The molecular formula is C25H23N3O3. The fourth-order valence-corrected chi connectivity index (χ4v) is 3.23. The molecule has 3 aromatic carbocycles. The minimum Gasteiger partial charge on any atom is -0.497 e. The van der Waals surface area contributed by atoms with Crippen LogP contribution < -0.4 is 14.8 Å². The van der Waals surface area contributed by atoms with E-state index in [0.717, 1.165) is 28.3 Å². The Labute approximate surface area is 181 Å². The molecule has 0 aliphatic heterocycles. The number of hydrogen-bond acceptors (Lipinski definition) is 4. The van der Waals surface area contributed by atoms with E-state index >= 15 is 0 Å². The summed E-state index contributed by atoms with van der Waals surface area (Å²) < 4.78 is 12.1. The van der Waals surface area contributed by atoms with Crippen molar-refractivity contribution in [3.8, 4) is 28.4 Å². The Kier molecular flexibility index (Phi) is 5.98. The van der Waals surface area contributed by atoms with Gasteiger partial charge in [0.2, 0.25) is 0 Å². The average molecular weight is 413 g/mol. The highest BCUT2D eigenvalue weighted by molar-refractivity contribution is 5.94. The number of carbonyl (C=O) groups excluding carboxylic acids is 1. The van der Waals surface area contributed by atoms with Gasteiger partial charge in [0.1, 0.15) is 17.2 Å². The minimum absolute atomic E-state index is 0.202. The first-order valence-electron chi connectivity index (χ1n) is 9.89. The van der Waals surface area contributed by atoms with Gasteiger partial charge in [0.25, 0.3) is 5.91 Å². The number of benzene rings is 3. The third-order valence-electron chi connectivity index (χ3n) is 4.94. The predicted molar refractivity (Wildman–Crippen MR) is 120 cm³/mol. The summed E-state index contributed by atoms with van der Waals surface area (Å²) in [6.45, 7) is 0.436. The largest absolute Gasteiger partial charge is 0.497 e. The van der Waals surface area contributed by atoms with Crippen LogP contribution in [0.15, 0.2) is 84.9 Å². The highest BCUT2D eigenvalue weighted by Gasteiger charge is 2.18. The average Bonchev–Trinajstić information content (AvgIpc) is 3.29. The van der Waals surface area contributed by atoms with Gasteiger partial charge >= 0.3 is 0 Å². The van der Waals surface area contributed by atoms with Crippen LogP contribution in [0.1, 0.15) is 16.1 Å². The van der Waals surface area contributed by atoms with Crippen LogP contribution in [0.3, 0.4) is 0 Å². The van der Waals surface area contributed by atoms with E-state index in [4.69, 9.17) is 14.6 Å². The Morgan fingerprint density at radius 1 is 0.871 bits per heavy atom. The molecule has 1 aromatic heterocycles. The molecule has 0 bridgehead atoms. The van der Waals surface area contributed by atoms with Crippen molar-refractivity contribution in [3.63, 3.8) is 0 Å². The summed E-state index contributed by atoms with van der Waals surface area (Å²) in [6.07, 6.45) is 0. The van der Waals surface area contributed by atoms with E-state index in [9.17, 15) is 4.79 Å². The van der Waals surface area contributed by atoms with Gasteiger partial charge < -0.3 is 14.8 Å². The van der Waals surface area contributed by atoms with Gasteiger partial charge in [-0.1, -0.05) is 30.3 Å². The first-order chi connectivity index (χ1) is 15.2. The highest BCUT2D eigenvalue weighted by Crippen LogP contribution is 2.25. The monoisotopic (exact) mass is 413 g/mol. The fraction of sp³-hybridized carbons (Fsp3) is 0.120. The maximum absolute atomic E-state index is 13.1. The number of nitrogens with zero attached hydrogens (tertiary/aromatic N) is 2. The van der Waals surface area contributed by atoms with Crippen molar-refractivity contribution in [1.29, 1.82) is 0 Å². The Balaban J connectivity index is 1.68. The Morgan fingerprint density at radius 2 is 1.48 bits per heavy atom. The van der Waals surface area contributed by atoms with Gasteiger partial charge in [-0.05, 0) is 60.2 Å². The first kappa shape index (κ1) is 20.2. The molecule has 0 aliphatic rings. The molecule has 0 aliphatic carbocycles. The molecule has 156 valence electrons. The summed E-state index contributed by atoms with van der Waals surface area (Å²) in [5.74, 6) is 1.30. The van der Waals surface area contributed by atoms with Crippen molar-refractivity contribution in [2.24, 2.45) is 0 Å². The van der Waals surface area contributed by atoms with Crippen LogP contribution in [-0.2, 0) is 6.54 Å².